The smallest absolute Gasteiger partial charge is 0.0526 e. The van der Waals surface area contributed by atoms with Gasteiger partial charge >= 0.3 is 0 Å². The second-order valence-electron chi connectivity index (χ2n) is 7.14. The molecule has 31 heavy (non-hydrogen) atoms. The lowest BCUT2D eigenvalue weighted by atomic mass is 10.1. The van der Waals surface area contributed by atoms with Crippen molar-refractivity contribution >= 4 is 5.69 Å². The minimum atomic E-state index is 0.987. The van der Waals surface area contributed by atoms with Crippen LogP contribution in [0.3, 0.4) is 0 Å². The van der Waals surface area contributed by atoms with Crippen LogP contribution in [0.2, 0.25) is 0 Å². The fraction of sp³-hybridized carbons (Fsp3) is 0.321. The first kappa shape index (κ1) is 24.3. The molecule has 1 radical (unpaired) electrons. The first-order valence-corrected chi connectivity index (χ1v) is 11.2. The number of anilines is 1. The Morgan fingerprint density at radius 1 is 0.871 bits per heavy atom. The number of terminal acetylenes is 1. The molecular weight excluding hydrogens is 378 g/mol. The van der Waals surface area contributed by atoms with E-state index in [-0.39, 0.29) is 0 Å². The second-order valence-corrected chi connectivity index (χ2v) is 7.14. The fourth-order valence-electron chi connectivity index (χ4n) is 3.81. The summed E-state index contributed by atoms with van der Waals surface area (Å²) in [5.41, 5.74) is 6.07. The minimum absolute atomic E-state index is 0.987. The monoisotopic (exact) mass is 414 g/mol. The van der Waals surface area contributed by atoms with Gasteiger partial charge in [0.2, 0.25) is 0 Å². The molecule has 2 heterocycles. The van der Waals surface area contributed by atoms with Crippen molar-refractivity contribution in [1.29, 1.82) is 0 Å². The molecular formula is C28H36N3. The van der Waals surface area contributed by atoms with Gasteiger partial charge in [-0.2, -0.15) is 0 Å². The van der Waals surface area contributed by atoms with Crippen molar-refractivity contribution in [2.24, 2.45) is 0 Å². The molecule has 0 spiro atoms. The van der Waals surface area contributed by atoms with Crippen LogP contribution in [0.4, 0.5) is 5.69 Å². The summed E-state index contributed by atoms with van der Waals surface area (Å²) in [4.78, 5) is 4.93. The second kappa shape index (κ2) is 12.7. The molecule has 0 unspecified atom stereocenters. The normalized spacial score (nSPS) is 13.4. The lowest BCUT2D eigenvalue weighted by Crippen LogP contribution is -2.46. The number of piperazine rings is 1. The molecule has 0 aliphatic carbocycles. The molecule has 3 aromatic rings. The number of hydrogen-bond acceptors (Lipinski definition) is 2. The third kappa shape index (κ3) is 6.26. The quantitative estimate of drug-likeness (QED) is 0.488. The standard InChI is InChI=1S/C24H25N3.C2H6.C2H5/c1-3-22-9-5-7-11-24(22)26-16-14-25(15-17-26)18-21-12-13-27(19-21)23-10-6-4-8-20(23)2;2*1-2/h1,4-13,19H,14-18H2,2H3;1-2H3;1H2,2H3. The van der Waals surface area contributed by atoms with Crippen LogP contribution >= 0.6 is 0 Å². The van der Waals surface area contributed by atoms with Gasteiger partial charge in [-0.25, -0.2) is 0 Å². The largest absolute Gasteiger partial charge is 0.368 e. The maximum absolute atomic E-state index is 5.66. The van der Waals surface area contributed by atoms with Crippen molar-refractivity contribution in [3.05, 3.63) is 90.6 Å². The van der Waals surface area contributed by atoms with Crippen molar-refractivity contribution in [3.63, 3.8) is 0 Å². The molecule has 1 aliphatic heterocycles. The Balaban J connectivity index is 0.000000807. The van der Waals surface area contributed by atoms with E-state index < -0.39 is 0 Å². The van der Waals surface area contributed by atoms with E-state index in [9.17, 15) is 0 Å². The molecule has 0 bridgehead atoms. The number of aromatic nitrogens is 1. The van der Waals surface area contributed by atoms with Crippen molar-refractivity contribution in [2.45, 2.75) is 34.2 Å². The highest BCUT2D eigenvalue weighted by Gasteiger charge is 2.19. The summed E-state index contributed by atoms with van der Waals surface area (Å²) in [6.45, 7) is 16.3. The zero-order chi connectivity index (χ0) is 22.6. The lowest BCUT2D eigenvalue weighted by molar-refractivity contribution is 0.250. The SMILES string of the molecule is C#Cc1ccccc1N1CCN(Cc2ccn(-c3ccccc3C)c2)CC1.CC.[CH2]C. The van der Waals surface area contributed by atoms with E-state index >= 15 is 0 Å². The summed E-state index contributed by atoms with van der Waals surface area (Å²) in [6, 6.07) is 19.0. The van der Waals surface area contributed by atoms with E-state index in [1.807, 2.05) is 26.0 Å². The zero-order valence-corrected chi connectivity index (χ0v) is 19.5. The van der Waals surface area contributed by atoms with Gasteiger partial charge in [0.05, 0.1) is 5.69 Å². The van der Waals surface area contributed by atoms with Crippen molar-refractivity contribution in [3.8, 4) is 18.0 Å². The topological polar surface area (TPSA) is 11.4 Å². The van der Waals surface area contributed by atoms with Crippen LogP contribution in [0.25, 0.3) is 5.69 Å². The van der Waals surface area contributed by atoms with Gasteiger partial charge in [-0.3, -0.25) is 4.90 Å². The number of para-hydroxylation sites is 2. The molecule has 1 fully saturated rings. The highest BCUT2D eigenvalue weighted by molar-refractivity contribution is 5.60. The first-order chi connectivity index (χ1) is 15.2. The Morgan fingerprint density at radius 2 is 1.48 bits per heavy atom. The summed E-state index contributed by atoms with van der Waals surface area (Å²) < 4.78 is 2.23. The molecule has 3 heteroatoms. The Kier molecular flexibility index (Phi) is 9.94. The summed E-state index contributed by atoms with van der Waals surface area (Å²) in [7, 11) is 0. The average Bonchev–Trinajstić information content (AvgIpc) is 3.30. The number of aryl methyl sites for hydroxylation is 1. The highest BCUT2D eigenvalue weighted by Crippen LogP contribution is 2.22. The van der Waals surface area contributed by atoms with E-state index in [4.69, 9.17) is 6.42 Å². The van der Waals surface area contributed by atoms with Crippen molar-refractivity contribution < 1.29 is 0 Å². The summed E-state index contributed by atoms with van der Waals surface area (Å²) in [6.07, 6.45) is 10.1. The first-order valence-electron chi connectivity index (χ1n) is 11.2. The Labute approximate surface area is 189 Å². The van der Waals surface area contributed by atoms with Crippen LogP contribution in [0.5, 0.6) is 0 Å². The summed E-state index contributed by atoms with van der Waals surface area (Å²) in [5, 5.41) is 0. The summed E-state index contributed by atoms with van der Waals surface area (Å²) >= 11 is 0. The van der Waals surface area contributed by atoms with Gasteiger partial charge in [-0.05, 0) is 42.3 Å². The van der Waals surface area contributed by atoms with Gasteiger partial charge in [-0.1, -0.05) is 63.9 Å². The number of benzene rings is 2. The highest BCUT2D eigenvalue weighted by atomic mass is 15.3. The fourth-order valence-corrected chi connectivity index (χ4v) is 3.81. The van der Waals surface area contributed by atoms with E-state index in [2.05, 4.69) is 89.0 Å². The maximum Gasteiger partial charge on any atom is 0.0526 e. The molecule has 0 saturated carbocycles. The number of nitrogens with zero attached hydrogens (tertiary/aromatic N) is 3. The van der Waals surface area contributed by atoms with Crippen molar-refractivity contribution in [2.75, 3.05) is 31.1 Å². The van der Waals surface area contributed by atoms with Crippen LogP contribution in [0, 0.1) is 26.2 Å². The molecule has 3 nitrogen and oxygen atoms in total. The van der Waals surface area contributed by atoms with Gasteiger partial charge in [0, 0.05) is 56.4 Å². The maximum atomic E-state index is 5.66. The van der Waals surface area contributed by atoms with Crippen LogP contribution in [0.15, 0.2) is 67.0 Å². The zero-order valence-electron chi connectivity index (χ0n) is 19.5. The van der Waals surface area contributed by atoms with E-state index in [1.54, 1.807) is 6.92 Å². The van der Waals surface area contributed by atoms with E-state index in [1.165, 1.54) is 22.5 Å². The van der Waals surface area contributed by atoms with E-state index in [0.29, 0.717) is 0 Å². The van der Waals surface area contributed by atoms with Gasteiger partial charge in [0.1, 0.15) is 0 Å². The minimum Gasteiger partial charge on any atom is -0.368 e. The Bertz CT molecular complexity index is 956. The number of hydrogen-bond donors (Lipinski definition) is 0. The number of rotatable bonds is 4. The average molecular weight is 415 g/mol. The third-order valence-electron chi connectivity index (χ3n) is 5.33. The summed E-state index contributed by atoms with van der Waals surface area (Å²) in [5.74, 6) is 2.81. The molecule has 1 aromatic heterocycles. The van der Waals surface area contributed by atoms with Crippen molar-refractivity contribution in [1.82, 2.24) is 9.47 Å². The van der Waals surface area contributed by atoms with Gasteiger partial charge in [0.25, 0.3) is 0 Å². The Hall–Kier alpha value is -2.96. The van der Waals surface area contributed by atoms with Gasteiger partial charge in [0.15, 0.2) is 0 Å². The predicted molar refractivity (Wildman–Crippen MR) is 135 cm³/mol. The van der Waals surface area contributed by atoms with Gasteiger partial charge < -0.3 is 9.47 Å². The molecule has 0 atom stereocenters. The molecule has 1 saturated heterocycles. The van der Waals surface area contributed by atoms with Crippen LogP contribution in [-0.4, -0.2) is 35.6 Å². The van der Waals surface area contributed by atoms with Crippen LogP contribution in [0.1, 0.15) is 37.5 Å². The lowest BCUT2D eigenvalue weighted by Gasteiger charge is -2.36. The molecule has 0 N–H and O–H groups in total. The molecule has 2 aromatic carbocycles. The molecule has 1 aliphatic rings. The Morgan fingerprint density at radius 3 is 2.13 bits per heavy atom. The third-order valence-corrected chi connectivity index (χ3v) is 5.33. The van der Waals surface area contributed by atoms with Gasteiger partial charge in [-0.15, -0.1) is 6.42 Å². The van der Waals surface area contributed by atoms with Crippen LogP contribution < -0.4 is 4.90 Å². The van der Waals surface area contributed by atoms with Crippen LogP contribution in [-0.2, 0) is 6.54 Å². The predicted octanol–water partition coefficient (Wildman–Crippen LogP) is 5.96. The molecule has 0 amide bonds. The van der Waals surface area contributed by atoms with E-state index in [0.717, 1.165) is 38.3 Å². The molecule has 163 valence electrons. The molecule has 4 rings (SSSR count).